The predicted octanol–water partition coefficient (Wildman–Crippen LogP) is 2.16. The fraction of sp³-hybridized carbons (Fsp3) is 0.778. The highest BCUT2D eigenvalue weighted by Crippen LogP contribution is 2.33. The molecule has 1 heterocycles. The van der Waals surface area contributed by atoms with E-state index in [1.165, 1.54) is 6.42 Å². The van der Waals surface area contributed by atoms with Gasteiger partial charge < -0.3 is 9.47 Å². The molecule has 0 aromatic carbocycles. The number of hydrogen-bond acceptors (Lipinski definition) is 3. The van der Waals surface area contributed by atoms with Crippen molar-refractivity contribution in [3.05, 3.63) is 11.5 Å². The molecule has 0 aromatic rings. The van der Waals surface area contributed by atoms with Gasteiger partial charge in [0.25, 0.3) is 0 Å². The van der Waals surface area contributed by atoms with Crippen LogP contribution in [0.4, 0.5) is 0 Å². The van der Waals surface area contributed by atoms with E-state index >= 15 is 0 Å². The van der Waals surface area contributed by atoms with Gasteiger partial charge in [-0.1, -0.05) is 0 Å². The summed E-state index contributed by atoms with van der Waals surface area (Å²) in [5.41, 5.74) is 0. The Kier molecular flexibility index (Phi) is 2.49. The molecule has 0 bridgehead atoms. The maximum Gasteiger partial charge on any atom is 0.135 e. The van der Waals surface area contributed by atoms with Gasteiger partial charge in [0.05, 0.1) is 0 Å². The fourth-order valence-electron chi connectivity index (χ4n) is 1.68. The van der Waals surface area contributed by atoms with Gasteiger partial charge in [-0.15, -0.1) is 0 Å². The van der Waals surface area contributed by atoms with Crippen LogP contribution < -0.4 is 0 Å². The van der Waals surface area contributed by atoms with Crippen molar-refractivity contribution >= 4 is 11.8 Å². The summed E-state index contributed by atoms with van der Waals surface area (Å²) in [4.78, 5) is 0. The van der Waals surface area contributed by atoms with Gasteiger partial charge in [-0.05, 0) is 12.7 Å². The molecule has 1 aliphatic carbocycles. The molecule has 2 aliphatic rings. The van der Waals surface area contributed by atoms with Gasteiger partial charge in [-0.3, -0.25) is 0 Å². The standard InChI is InChI=1S/C9H14O2S/c1-12-7-2-3-8-9(6-7)11-5-4-10-8/h7H,2-6H2,1H3. The van der Waals surface area contributed by atoms with Gasteiger partial charge in [0.1, 0.15) is 24.7 Å². The third kappa shape index (κ3) is 1.56. The summed E-state index contributed by atoms with van der Waals surface area (Å²) in [5.74, 6) is 2.23. The number of hydrogen-bond donors (Lipinski definition) is 0. The van der Waals surface area contributed by atoms with Gasteiger partial charge in [-0.25, -0.2) is 0 Å². The Morgan fingerprint density at radius 1 is 1.25 bits per heavy atom. The zero-order chi connectivity index (χ0) is 8.39. The minimum atomic E-state index is 0.736. The van der Waals surface area contributed by atoms with Crippen LogP contribution in [0.15, 0.2) is 11.5 Å². The molecule has 0 saturated carbocycles. The van der Waals surface area contributed by atoms with Crippen LogP contribution in [0.1, 0.15) is 19.3 Å². The number of rotatable bonds is 1. The smallest absolute Gasteiger partial charge is 0.135 e. The van der Waals surface area contributed by atoms with Crippen molar-refractivity contribution in [3.8, 4) is 0 Å². The Labute approximate surface area is 77.3 Å². The van der Waals surface area contributed by atoms with Crippen LogP contribution in [0.2, 0.25) is 0 Å². The van der Waals surface area contributed by atoms with Crippen molar-refractivity contribution in [2.24, 2.45) is 0 Å². The van der Waals surface area contributed by atoms with Crippen LogP contribution in [0, 0.1) is 0 Å². The highest BCUT2D eigenvalue weighted by molar-refractivity contribution is 7.99. The van der Waals surface area contributed by atoms with Gasteiger partial charge >= 0.3 is 0 Å². The molecule has 0 aromatic heterocycles. The maximum atomic E-state index is 5.56. The minimum Gasteiger partial charge on any atom is -0.491 e. The molecule has 1 aliphatic heterocycles. The molecule has 68 valence electrons. The lowest BCUT2D eigenvalue weighted by Crippen LogP contribution is -2.21. The lowest BCUT2D eigenvalue weighted by molar-refractivity contribution is 0.0462. The summed E-state index contributed by atoms with van der Waals surface area (Å²) >= 11 is 1.93. The van der Waals surface area contributed by atoms with Gasteiger partial charge in [0, 0.05) is 18.1 Å². The molecule has 1 unspecified atom stereocenters. The first kappa shape index (κ1) is 8.30. The molecule has 1 atom stereocenters. The lowest BCUT2D eigenvalue weighted by Gasteiger charge is -2.29. The van der Waals surface area contributed by atoms with E-state index in [2.05, 4.69) is 6.26 Å². The van der Waals surface area contributed by atoms with E-state index in [1.807, 2.05) is 11.8 Å². The summed E-state index contributed by atoms with van der Waals surface area (Å²) in [6.45, 7) is 1.47. The summed E-state index contributed by atoms with van der Waals surface area (Å²) in [5, 5.41) is 0.741. The molecule has 2 nitrogen and oxygen atoms in total. The molecule has 0 fully saturated rings. The first-order valence-corrected chi connectivity index (χ1v) is 5.69. The van der Waals surface area contributed by atoms with Crippen LogP contribution in [0.25, 0.3) is 0 Å². The zero-order valence-electron chi connectivity index (χ0n) is 7.34. The zero-order valence-corrected chi connectivity index (χ0v) is 8.15. The van der Waals surface area contributed by atoms with E-state index in [-0.39, 0.29) is 0 Å². The molecular weight excluding hydrogens is 172 g/mol. The van der Waals surface area contributed by atoms with E-state index < -0.39 is 0 Å². The Balaban J connectivity index is 2.05. The minimum absolute atomic E-state index is 0.736. The molecule has 0 spiro atoms. The Morgan fingerprint density at radius 3 is 2.75 bits per heavy atom. The predicted molar refractivity (Wildman–Crippen MR) is 50.1 cm³/mol. The monoisotopic (exact) mass is 186 g/mol. The second-order valence-corrected chi connectivity index (χ2v) is 4.28. The second kappa shape index (κ2) is 3.60. The van der Waals surface area contributed by atoms with E-state index in [0.717, 1.165) is 42.8 Å². The highest BCUT2D eigenvalue weighted by Gasteiger charge is 2.24. The SMILES string of the molecule is CSC1CCC2=C(C1)OCCO2. The van der Waals surface area contributed by atoms with Crippen LogP contribution in [0.3, 0.4) is 0 Å². The van der Waals surface area contributed by atoms with Crippen LogP contribution in [-0.2, 0) is 9.47 Å². The molecule has 2 rings (SSSR count). The number of ether oxygens (including phenoxy) is 2. The Bertz CT molecular complexity index is 201. The lowest BCUT2D eigenvalue weighted by atomic mass is 10.0. The van der Waals surface area contributed by atoms with Gasteiger partial charge in [0.2, 0.25) is 0 Å². The Morgan fingerprint density at radius 2 is 2.00 bits per heavy atom. The third-order valence-corrected chi connectivity index (χ3v) is 3.46. The average molecular weight is 186 g/mol. The highest BCUT2D eigenvalue weighted by atomic mass is 32.2. The second-order valence-electron chi connectivity index (χ2n) is 3.14. The average Bonchev–Trinajstić information content (AvgIpc) is 2.17. The molecule has 3 heteroatoms. The van der Waals surface area contributed by atoms with Gasteiger partial charge in [0.15, 0.2) is 0 Å². The Hall–Kier alpha value is -0.310. The summed E-state index contributed by atoms with van der Waals surface area (Å²) in [6, 6.07) is 0. The van der Waals surface area contributed by atoms with Gasteiger partial charge in [-0.2, -0.15) is 11.8 Å². The quantitative estimate of drug-likeness (QED) is 0.625. The molecule has 0 N–H and O–H groups in total. The first-order valence-electron chi connectivity index (χ1n) is 4.40. The van der Waals surface area contributed by atoms with Crippen LogP contribution >= 0.6 is 11.8 Å². The fourth-order valence-corrected chi connectivity index (χ4v) is 2.35. The molecule has 0 saturated heterocycles. The van der Waals surface area contributed by atoms with E-state index in [1.54, 1.807) is 0 Å². The molecule has 0 amide bonds. The van der Waals surface area contributed by atoms with Crippen molar-refractivity contribution in [2.45, 2.75) is 24.5 Å². The first-order chi connectivity index (χ1) is 5.90. The molecular formula is C9H14O2S. The molecule has 12 heavy (non-hydrogen) atoms. The van der Waals surface area contributed by atoms with Crippen molar-refractivity contribution < 1.29 is 9.47 Å². The summed E-state index contributed by atoms with van der Waals surface area (Å²) in [6.07, 6.45) is 5.54. The van der Waals surface area contributed by atoms with Crippen LogP contribution in [0.5, 0.6) is 0 Å². The normalized spacial score (nSPS) is 28.9. The largest absolute Gasteiger partial charge is 0.491 e. The van der Waals surface area contributed by atoms with Crippen molar-refractivity contribution in [3.63, 3.8) is 0 Å². The number of thioether (sulfide) groups is 1. The van der Waals surface area contributed by atoms with Crippen molar-refractivity contribution in [1.29, 1.82) is 0 Å². The molecule has 0 radical (unpaired) electrons. The van der Waals surface area contributed by atoms with Crippen LogP contribution in [-0.4, -0.2) is 24.7 Å². The summed E-state index contributed by atoms with van der Waals surface area (Å²) in [7, 11) is 0. The van der Waals surface area contributed by atoms with E-state index in [9.17, 15) is 0 Å². The number of allylic oxidation sites excluding steroid dienone is 2. The van der Waals surface area contributed by atoms with Crippen molar-refractivity contribution in [1.82, 2.24) is 0 Å². The maximum absolute atomic E-state index is 5.56. The third-order valence-electron chi connectivity index (χ3n) is 2.39. The van der Waals surface area contributed by atoms with E-state index in [4.69, 9.17) is 9.47 Å². The summed E-state index contributed by atoms with van der Waals surface area (Å²) < 4.78 is 11.1. The van der Waals surface area contributed by atoms with Crippen molar-refractivity contribution in [2.75, 3.05) is 19.5 Å². The van der Waals surface area contributed by atoms with E-state index in [0.29, 0.717) is 0 Å². The topological polar surface area (TPSA) is 18.5 Å².